The number of likely N-dealkylation sites (tertiary alicyclic amines) is 1. The van der Waals surface area contributed by atoms with Crippen LogP contribution in [0.4, 0.5) is 19.5 Å². The summed E-state index contributed by atoms with van der Waals surface area (Å²) in [5.41, 5.74) is 2.83. The number of pyridine rings is 1. The Morgan fingerprint density at radius 2 is 1.98 bits per heavy atom. The highest BCUT2D eigenvalue weighted by Crippen LogP contribution is 2.37. The Hall–Kier alpha value is -3.81. The molecule has 14 heteroatoms. The molecular formula is C27H31F2N7O4S. The smallest absolute Gasteiger partial charge is 0.414 e. The van der Waals surface area contributed by atoms with Crippen LogP contribution in [0.15, 0.2) is 16.8 Å². The van der Waals surface area contributed by atoms with E-state index >= 15 is 0 Å². The number of thioether (sulfide) groups is 1. The van der Waals surface area contributed by atoms with Gasteiger partial charge in [0.15, 0.2) is 5.65 Å². The van der Waals surface area contributed by atoms with Gasteiger partial charge in [-0.15, -0.1) is 11.8 Å². The number of aryl methyl sites for hydroxylation is 1. The number of carbonyl (C=O) groups is 2. The first-order valence-electron chi connectivity index (χ1n) is 13.0. The lowest BCUT2D eigenvalue weighted by Gasteiger charge is -2.19. The van der Waals surface area contributed by atoms with E-state index in [1.165, 1.54) is 16.7 Å². The molecule has 0 unspecified atom stereocenters. The molecule has 2 aliphatic heterocycles. The van der Waals surface area contributed by atoms with Crippen molar-refractivity contribution in [2.24, 2.45) is 0 Å². The summed E-state index contributed by atoms with van der Waals surface area (Å²) >= 11 is 1.25. The summed E-state index contributed by atoms with van der Waals surface area (Å²) in [5.74, 6) is -2.47. The maximum Gasteiger partial charge on any atom is 0.414 e. The third-order valence-electron chi connectivity index (χ3n) is 6.65. The van der Waals surface area contributed by atoms with Gasteiger partial charge in [0.1, 0.15) is 16.4 Å². The molecule has 41 heavy (non-hydrogen) atoms. The van der Waals surface area contributed by atoms with Gasteiger partial charge in [0.2, 0.25) is 5.95 Å². The Bertz CT molecular complexity index is 1580. The van der Waals surface area contributed by atoms with Gasteiger partial charge in [0.25, 0.3) is 11.8 Å². The molecule has 0 aromatic carbocycles. The topological polar surface area (TPSA) is 124 Å². The fraction of sp³-hybridized carbons (Fsp3) is 0.481. The van der Waals surface area contributed by atoms with Crippen molar-refractivity contribution >= 4 is 46.8 Å². The van der Waals surface area contributed by atoms with E-state index in [0.717, 1.165) is 11.1 Å². The first-order chi connectivity index (χ1) is 19.2. The maximum atomic E-state index is 13.9. The van der Waals surface area contributed by atoms with E-state index in [2.05, 4.69) is 20.3 Å². The molecule has 218 valence electrons. The van der Waals surface area contributed by atoms with Crippen molar-refractivity contribution in [2.45, 2.75) is 64.1 Å². The van der Waals surface area contributed by atoms with Crippen LogP contribution < -0.4 is 10.1 Å². The second-order valence-corrected chi connectivity index (χ2v) is 12.0. The zero-order chi connectivity index (χ0) is 29.7. The van der Waals surface area contributed by atoms with Gasteiger partial charge in [-0.05, 0) is 40.7 Å². The van der Waals surface area contributed by atoms with E-state index in [4.69, 9.17) is 14.6 Å². The fourth-order valence-electron chi connectivity index (χ4n) is 4.79. The van der Waals surface area contributed by atoms with Crippen LogP contribution in [0.1, 0.15) is 49.7 Å². The molecule has 0 radical (unpaired) electrons. The van der Waals surface area contributed by atoms with Crippen LogP contribution in [0.5, 0.6) is 5.75 Å². The molecule has 0 bridgehead atoms. The minimum Gasteiger partial charge on any atom is -0.496 e. The van der Waals surface area contributed by atoms with Crippen molar-refractivity contribution in [2.75, 3.05) is 31.3 Å². The Morgan fingerprint density at radius 3 is 2.63 bits per heavy atom. The minimum atomic E-state index is -2.90. The van der Waals surface area contributed by atoms with Crippen LogP contribution in [-0.2, 0) is 16.1 Å². The van der Waals surface area contributed by atoms with Gasteiger partial charge >= 0.3 is 6.09 Å². The van der Waals surface area contributed by atoms with Gasteiger partial charge in [-0.1, -0.05) is 0 Å². The predicted octanol–water partition coefficient (Wildman–Crippen LogP) is 4.60. The number of ether oxygens (including phenoxy) is 2. The molecule has 3 aromatic heterocycles. The van der Waals surface area contributed by atoms with Gasteiger partial charge in [-0.2, -0.15) is 10.1 Å². The van der Waals surface area contributed by atoms with Crippen molar-refractivity contribution < 1.29 is 27.8 Å². The molecule has 3 aromatic rings. The van der Waals surface area contributed by atoms with Crippen LogP contribution in [0.3, 0.4) is 0 Å². The lowest BCUT2D eigenvalue weighted by atomic mass is 10.1. The van der Waals surface area contributed by atoms with Crippen molar-refractivity contribution in [1.29, 1.82) is 0 Å². The fourth-order valence-corrected chi connectivity index (χ4v) is 5.78. The summed E-state index contributed by atoms with van der Waals surface area (Å²) in [6, 6.07) is 0. The molecule has 0 spiro atoms. The number of nitrogens with zero attached hydrogens (tertiary/aromatic N) is 6. The monoisotopic (exact) mass is 587 g/mol. The van der Waals surface area contributed by atoms with Gasteiger partial charge in [-0.25, -0.2) is 23.2 Å². The lowest BCUT2D eigenvalue weighted by molar-refractivity contribution is -0.127. The number of anilines is 1. The Kier molecular flexibility index (Phi) is 7.38. The van der Waals surface area contributed by atoms with Crippen molar-refractivity contribution in [3.05, 3.63) is 34.3 Å². The molecule has 5 rings (SSSR count). The summed E-state index contributed by atoms with van der Waals surface area (Å²) in [6.45, 7) is 8.61. The Balaban J connectivity index is 1.57. The molecular weight excluding hydrogens is 556 g/mol. The van der Waals surface area contributed by atoms with Crippen LogP contribution >= 0.6 is 11.8 Å². The van der Waals surface area contributed by atoms with Crippen LogP contribution in [0.2, 0.25) is 0 Å². The van der Waals surface area contributed by atoms with Crippen LogP contribution in [0.25, 0.3) is 17.1 Å². The number of alkyl halides is 2. The molecule has 1 fully saturated rings. The Labute approximate surface area is 239 Å². The van der Waals surface area contributed by atoms with Crippen molar-refractivity contribution in [3.63, 3.8) is 0 Å². The molecule has 1 N–H and O–H groups in total. The van der Waals surface area contributed by atoms with E-state index in [1.807, 2.05) is 13.8 Å². The summed E-state index contributed by atoms with van der Waals surface area (Å²) in [4.78, 5) is 40.6. The summed E-state index contributed by atoms with van der Waals surface area (Å²) in [5, 5.41) is 8.39. The van der Waals surface area contributed by atoms with E-state index in [9.17, 15) is 18.4 Å². The molecule has 5 heterocycles. The van der Waals surface area contributed by atoms with Crippen molar-refractivity contribution in [1.82, 2.24) is 29.6 Å². The standard InChI is InChI=1S/C27H31F2N7O4S/c1-14-10-30-18(15(2)20(14)39-6)11-36-21-19-17(34-36)9-16(23(37)35-8-7-27(28,29)13-35)12-41-22(19)32-24(31-21)33-25(38)40-26(3,4)5/h9-10H,7-8,11-13H2,1-6H3,(H,31,32,33,38). The highest BCUT2D eigenvalue weighted by Gasteiger charge is 2.41. The first kappa shape index (κ1) is 28.7. The van der Waals surface area contributed by atoms with Gasteiger partial charge in [0, 0.05) is 41.6 Å². The molecule has 2 aliphatic rings. The molecule has 0 aliphatic carbocycles. The average molecular weight is 588 g/mol. The maximum absolute atomic E-state index is 13.9. The third-order valence-corrected chi connectivity index (χ3v) is 7.68. The summed E-state index contributed by atoms with van der Waals surface area (Å²) in [6.07, 6.45) is 2.24. The van der Waals surface area contributed by atoms with E-state index in [0.29, 0.717) is 38.8 Å². The number of aromatic nitrogens is 5. The summed E-state index contributed by atoms with van der Waals surface area (Å²) < 4.78 is 40.3. The number of hydrogen-bond acceptors (Lipinski definition) is 9. The largest absolute Gasteiger partial charge is 0.496 e. The quantitative estimate of drug-likeness (QED) is 0.427. The summed E-state index contributed by atoms with van der Waals surface area (Å²) in [7, 11) is 1.59. The highest BCUT2D eigenvalue weighted by molar-refractivity contribution is 7.99. The lowest BCUT2D eigenvalue weighted by Crippen LogP contribution is -2.32. The molecule has 0 atom stereocenters. The number of carbonyl (C=O) groups excluding carboxylic acids is 2. The number of hydrogen-bond donors (Lipinski definition) is 1. The number of rotatable bonds is 5. The second-order valence-electron chi connectivity index (χ2n) is 11.1. The number of methoxy groups -OCH3 is 1. The first-order valence-corrected chi connectivity index (χ1v) is 14.0. The van der Waals surface area contributed by atoms with Crippen molar-refractivity contribution in [3.8, 4) is 5.75 Å². The highest BCUT2D eigenvalue weighted by atomic mass is 32.2. The van der Waals surface area contributed by atoms with Gasteiger partial charge in [-0.3, -0.25) is 15.1 Å². The van der Waals surface area contributed by atoms with Crippen LogP contribution in [0, 0.1) is 13.8 Å². The van der Waals surface area contributed by atoms with E-state index < -0.39 is 30.1 Å². The number of amides is 2. The Morgan fingerprint density at radius 1 is 1.22 bits per heavy atom. The zero-order valence-electron chi connectivity index (χ0n) is 23.7. The van der Waals surface area contributed by atoms with E-state index in [1.54, 1.807) is 44.8 Å². The average Bonchev–Trinajstić information content (AvgIpc) is 3.34. The van der Waals surface area contributed by atoms with Gasteiger partial charge < -0.3 is 14.4 Å². The normalized spacial score (nSPS) is 16.4. The SMILES string of the molecule is COc1c(C)cnc(Cn2nc3c4c(nc(NC(=O)OC(C)(C)C)nc42)SCC(C(=O)N2CCC(F)(F)C2)=C3)c1C. The third kappa shape index (κ3) is 5.97. The predicted molar refractivity (Wildman–Crippen MR) is 149 cm³/mol. The second kappa shape index (κ2) is 10.5. The molecule has 1 saturated heterocycles. The number of nitrogens with one attached hydrogen (secondary N) is 1. The van der Waals surface area contributed by atoms with E-state index in [-0.39, 0.29) is 31.2 Å². The van der Waals surface area contributed by atoms with Crippen LogP contribution in [-0.4, -0.2) is 79.1 Å². The molecule has 2 amide bonds. The molecule has 11 nitrogen and oxygen atoms in total. The minimum absolute atomic E-state index is 0.00193. The van der Waals surface area contributed by atoms with Gasteiger partial charge in [0.05, 0.1) is 37.0 Å². The zero-order valence-corrected chi connectivity index (χ0v) is 24.5. The molecule has 0 saturated carbocycles. The number of halogens is 2.